The minimum Gasteiger partial charge on any atom is -0.490 e. The van der Waals surface area contributed by atoms with Gasteiger partial charge < -0.3 is 15.2 Å². The molecule has 0 fully saturated rings. The number of hydrogen-bond acceptors (Lipinski definition) is 4. The first-order valence-electron chi connectivity index (χ1n) is 6.17. The van der Waals surface area contributed by atoms with Crippen molar-refractivity contribution < 1.29 is 14.3 Å². The van der Waals surface area contributed by atoms with Crippen LogP contribution in [0.25, 0.3) is 0 Å². The number of ether oxygens (including phenoxy) is 2. The van der Waals surface area contributed by atoms with Gasteiger partial charge in [-0.25, -0.2) is 4.79 Å². The number of benzene rings is 2. The van der Waals surface area contributed by atoms with Gasteiger partial charge in [-0.3, -0.25) is 0 Å². The number of nitrogen functional groups attached to an aromatic ring is 1. The van der Waals surface area contributed by atoms with Crippen LogP contribution in [0.15, 0.2) is 51.4 Å². The number of carbonyl (C=O) groups excluding carboxylic acids is 1. The molecule has 0 bridgehead atoms. The first kappa shape index (κ1) is 15.9. The van der Waals surface area contributed by atoms with Gasteiger partial charge in [0.1, 0.15) is 19.0 Å². The highest BCUT2D eigenvalue weighted by molar-refractivity contribution is 9.10. The third-order valence-corrected chi connectivity index (χ3v) is 3.88. The van der Waals surface area contributed by atoms with Crippen molar-refractivity contribution in [1.82, 2.24) is 0 Å². The maximum atomic E-state index is 11.8. The Labute approximate surface area is 139 Å². The van der Waals surface area contributed by atoms with E-state index in [-0.39, 0.29) is 6.61 Å². The number of nitrogens with two attached hydrogens (primary N) is 1. The van der Waals surface area contributed by atoms with E-state index in [0.29, 0.717) is 17.9 Å². The molecule has 2 aromatic rings. The Morgan fingerprint density at radius 2 is 1.76 bits per heavy atom. The van der Waals surface area contributed by atoms with E-state index < -0.39 is 5.97 Å². The lowest BCUT2D eigenvalue weighted by Gasteiger charge is -2.08. The molecule has 6 heteroatoms. The average molecular weight is 415 g/mol. The van der Waals surface area contributed by atoms with Crippen LogP contribution in [0.3, 0.4) is 0 Å². The van der Waals surface area contributed by atoms with Crippen LogP contribution in [-0.2, 0) is 4.74 Å². The zero-order valence-electron chi connectivity index (χ0n) is 11.0. The second kappa shape index (κ2) is 7.47. The molecule has 0 heterocycles. The van der Waals surface area contributed by atoms with Crippen LogP contribution in [-0.4, -0.2) is 19.2 Å². The molecular weight excluding hydrogens is 402 g/mol. The highest BCUT2D eigenvalue weighted by Gasteiger charge is 2.08. The summed E-state index contributed by atoms with van der Waals surface area (Å²) in [4.78, 5) is 11.8. The first-order valence-corrected chi connectivity index (χ1v) is 7.75. The highest BCUT2D eigenvalue weighted by atomic mass is 79.9. The molecule has 0 saturated heterocycles. The Balaban J connectivity index is 1.79. The molecule has 0 aliphatic carbocycles. The summed E-state index contributed by atoms with van der Waals surface area (Å²) >= 11 is 6.62. The van der Waals surface area contributed by atoms with Crippen molar-refractivity contribution in [2.24, 2.45) is 0 Å². The second-order valence-electron chi connectivity index (χ2n) is 4.17. The van der Waals surface area contributed by atoms with Gasteiger partial charge in [0.2, 0.25) is 0 Å². The quantitative estimate of drug-likeness (QED) is 0.455. The van der Waals surface area contributed by atoms with Gasteiger partial charge in [0.05, 0.1) is 5.56 Å². The van der Waals surface area contributed by atoms with Gasteiger partial charge in [-0.05, 0) is 58.4 Å². The van der Waals surface area contributed by atoms with Gasteiger partial charge in [-0.1, -0.05) is 15.9 Å². The topological polar surface area (TPSA) is 61.6 Å². The van der Waals surface area contributed by atoms with Gasteiger partial charge >= 0.3 is 5.97 Å². The standard InChI is InChI=1S/C15H13Br2NO3/c16-11-2-4-12(5-3-11)20-7-8-21-15(19)10-1-6-13(17)14(18)9-10/h1-6,9H,7-8,18H2. The molecule has 110 valence electrons. The van der Waals surface area contributed by atoms with Crippen LogP contribution in [0.5, 0.6) is 5.75 Å². The predicted octanol–water partition coefficient (Wildman–Crippen LogP) is 4.03. The van der Waals surface area contributed by atoms with E-state index in [1.165, 1.54) is 0 Å². The molecule has 21 heavy (non-hydrogen) atoms. The summed E-state index contributed by atoms with van der Waals surface area (Å²) in [6.07, 6.45) is 0. The van der Waals surface area contributed by atoms with E-state index in [4.69, 9.17) is 15.2 Å². The van der Waals surface area contributed by atoms with E-state index in [1.54, 1.807) is 18.2 Å². The van der Waals surface area contributed by atoms with Crippen LogP contribution in [0.4, 0.5) is 5.69 Å². The maximum absolute atomic E-state index is 11.8. The summed E-state index contributed by atoms with van der Waals surface area (Å²) in [5.74, 6) is 0.302. The summed E-state index contributed by atoms with van der Waals surface area (Å²) in [5.41, 5.74) is 6.63. The smallest absolute Gasteiger partial charge is 0.338 e. The lowest BCUT2D eigenvalue weighted by Crippen LogP contribution is -2.12. The van der Waals surface area contributed by atoms with E-state index in [0.717, 1.165) is 14.7 Å². The number of rotatable bonds is 5. The molecule has 0 radical (unpaired) electrons. The lowest BCUT2D eigenvalue weighted by molar-refractivity contribution is 0.0450. The molecule has 0 spiro atoms. The second-order valence-corrected chi connectivity index (χ2v) is 5.94. The predicted molar refractivity (Wildman–Crippen MR) is 88.5 cm³/mol. The molecule has 0 aromatic heterocycles. The SMILES string of the molecule is Nc1cc(C(=O)OCCOc2ccc(Br)cc2)ccc1Br. The van der Waals surface area contributed by atoms with Crippen molar-refractivity contribution in [2.75, 3.05) is 18.9 Å². The van der Waals surface area contributed by atoms with Crippen molar-refractivity contribution in [1.29, 1.82) is 0 Å². The highest BCUT2D eigenvalue weighted by Crippen LogP contribution is 2.20. The van der Waals surface area contributed by atoms with Gasteiger partial charge in [0, 0.05) is 14.6 Å². The van der Waals surface area contributed by atoms with Gasteiger partial charge in [-0.2, -0.15) is 0 Å². The monoisotopic (exact) mass is 413 g/mol. The molecule has 0 aliphatic heterocycles. The van der Waals surface area contributed by atoms with Crippen molar-refractivity contribution in [3.05, 3.63) is 57.0 Å². The number of anilines is 1. The fourth-order valence-electron chi connectivity index (χ4n) is 1.58. The summed E-state index contributed by atoms with van der Waals surface area (Å²) in [5, 5.41) is 0. The minimum absolute atomic E-state index is 0.171. The zero-order chi connectivity index (χ0) is 15.2. The third-order valence-electron chi connectivity index (χ3n) is 2.63. The largest absolute Gasteiger partial charge is 0.490 e. The van der Waals surface area contributed by atoms with Crippen LogP contribution in [0.1, 0.15) is 10.4 Å². The average Bonchev–Trinajstić information content (AvgIpc) is 2.48. The molecule has 0 aliphatic rings. The van der Waals surface area contributed by atoms with Gasteiger partial charge in [0.25, 0.3) is 0 Å². The van der Waals surface area contributed by atoms with Gasteiger partial charge in [0.15, 0.2) is 0 Å². The summed E-state index contributed by atoms with van der Waals surface area (Å²) in [6.45, 7) is 0.463. The molecule has 2 rings (SSSR count). The third kappa shape index (κ3) is 4.75. The molecular formula is C15H13Br2NO3. The van der Waals surface area contributed by atoms with Crippen LogP contribution < -0.4 is 10.5 Å². The van der Waals surface area contributed by atoms with E-state index in [9.17, 15) is 4.79 Å². The van der Waals surface area contributed by atoms with Crippen LogP contribution in [0, 0.1) is 0 Å². The molecule has 0 amide bonds. The molecule has 2 aromatic carbocycles. The summed E-state index contributed by atoms with van der Waals surface area (Å²) < 4.78 is 12.3. The van der Waals surface area contributed by atoms with E-state index >= 15 is 0 Å². The Morgan fingerprint density at radius 3 is 2.43 bits per heavy atom. The Morgan fingerprint density at radius 1 is 1.05 bits per heavy atom. The lowest BCUT2D eigenvalue weighted by atomic mass is 10.2. The van der Waals surface area contributed by atoms with E-state index in [1.807, 2.05) is 24.3 Å². The molecule has 0 saturated carbocycles. The summed E-state index contributed by atoms with van der Waals surface area (Å²) in [7, 11) is 0. The van der Waals surface area contributed by atoms with Crippen molar-refractivity contribution in [2.45, 2.75) is 0 Å². The van der Waals surface area contributed by atoms with Gasteiger partial charge in [-0.15, -0.1) is 0 Å². The van der Waals surface area contributed by atoms with Crippen molar-refractivity contribution in [3.8, 4) is 5.75 Å². The van der Waals surface area contributed by atoms with Crippen LogP contribution in [0.2, 0.25) is 0 Å². The van der Waals surface area contributed by atoms with Crippen molar-refractivity contribution in [3.63, 3.8) is 0 Å². The number of esters is 1. The Bertz CT molecular complexity index is 629. The first-order chi connectivity index (χ1) is 10.1. The summed E-state index contributed by atoms with van der Waals surface area (Å²) in [6, 6.07) is 12.4. The number of carbonyl (C=O) groups is 1. The van der Waals surface area contributed by atoms with E-state index in [2.05, 4.69) is 31.9 Å². The minimum atomic E-state index is -0.423. The normalized spacial score (nSPS) is 10.2. The molecule has 0 atom stereocenters. The molecule has 0 unspecified atom stereocenters. The Hall–Kier alpha value is -1.53. The maximum Gasteiger partial charge on any atom is 0.338 e. The number of hydrogen-bond donors (Lipinski definition) is 1. The fourth-order valence-corrected chi connectivity index (χ4v) is 2.09. The molecule has 2 N–H and O–H groups in total. The Kier molecular flexibility index (Phi) is 5.64. The van der Waals surface area contributed by atoms with Crippen LogP contribution >= 0.6 is 31.9 Å². The van der Waals surface area contributed by atoms with Crippen molar-refractivity contribution >= 4 is 43.5 Å². The zero-order valence-corrected chi connectivity index (χ0v) is 14.2. The molecule has 4 nitrogen and oxygen atoms in total. The number of halogens is 2. The fraction of sp³-hybridized carbons (Fsp3) is 0.133.